The van der Waals surface area contributed by atoms with Gasteiger partial charge in [0.25, 0.3) is 0 Å². The van der Waals surface area contributed by atoms with Crippen molar-refractivity contribution in [1.82, 2.24) is 10.2 Å². The third-order valence-corrected chi connectivity index (χ3v) is 4.87. The first kappa shape index (κ1) is 16.0. The number of carbonyl (C=O) groups is 1. The van der Waals surface area contributed by atoms with E-state index in [0.29, 0.717) is 18.1 Å². The lowest BCUT2D eigenvalue weighted by molar-refractivity contribution is -0.123. The number of amides is 1. The van der Waals surface area contributed by atoms with Crippen LogP contribution in [-0.4, -0.2) is 23.9 Å². The summed E-state index contributed by atoms with van der Waals surface area (Å²) >= 11 is 6.12. The summed E-state index contributed by atoms with van der Waals surface area (Å²) < 4.78 is 0. The Bertz CT molecular complexity index is 701. The summed E-state index contributed by atoms with van der Waals surface area (Å²) in [5.41, 5.74) is 3.67. The van der Waals surface area contributed by atoms with E-state index in [9.17, 15) is 4.79 Å². The van der Waals surface area contributed by atoms with E-state index >= 15 is 0 Å². The summed E-state index contributed by atoms with van der Waals surface area (Å²) in [6, 6.07) is 16.3. The third-order valence-electron chi connectivity index (χ3n) is 4.50. The maximum atomic E-state index is 12.3. The van der Waals surface area contributed by atoms with E-state index in [4.69, 9.17) is 11.6 Å². The quantitative estimate of drug-likeness (QED) is 0.930. The largest absolute Gasteiger partial charge is 0.351 e. The van der Waals surface area contributed by atoms with Crippen molar-refractivity contribution in [2.45, 2.75) is 25.9 Å². The number of rotatable bonds is 4. The number of hydrogen-bond acceptors (Lipinski definition) is 2. The second-order valence-electron chi connectivity index (χ2n) is 5.96. The SMILES string of the molecule is CC1c2ccccc2CCN1CC(=O)NCc1ccccc1Cl. The first-order valence-corrected chi connectivity index (χ1v) is 8.35. The molecule has 1 aliphatic rings. The maximum absolute atomic E-state index is 12.3. The zero-order chi connectivity index (χ0) is 16.2. The highest BCUT2D eigenvalue weighted by atomic mass is 35.5. The van der Waals surface area contributed by atoms with Crippen LogP contribution in [0.5, 0.6) is 0 Å². The van der Waals surface area contributed by atoms with Gasteiger partial charge >= 0.3 is 0 Å². The van der Waals surface area contributed by atoms with Gasteiger partial charge in [-0.25, -0.2) is 0 Å². The highest BCUT2D eigenvalue weighted by Gasteiger charge is 2.24. The van der Waals surface area contributed by atoms with Gasteiger partial charge in [-0.2, -0.15) is 0 Å². The van der Waals surface area contributed by atoms with Crippen LogP contribution in [0.3, 0.4) is 0 Å². The molecule has 0 fully saturated rings. The van der Waals surface area contributed by atoms with Crippen LogP contribution in [0.15, 0.2) is 48.5 Å². The highest BCUT2D eigenvalue weighted by Crippen LogP contribution is 2.28. The van der Waals surface area contributed by atoms with Crippen molar-refractivity contribution >= 4 is 17.5 Å². The number of hydrogen-bond donors (Lipinski definition) is 1. The van der Waals surface area contributed by atoms with Gasteiger partial charge in [0.05, 0.1) is 6.54 Å². The van der Waals surface area contributed by atoms with Crippen molar-refractivity contribution in [3.8, 4) is 0 Å². The minimum absolute atomic E-state index is 0.0381. The van der Waals surface area contributed by atoms with Crippen LogP contribution >= 0.6 is 11.6 Å². The lowest BCUT2D eigenvalue weighted by Crippen LogP contribution is -2.41. The van der Waals surface area contributed by atoms with Crippen LogP contribution in [0, 0.1) is 0 Å². The third kappa shape index (κ3) is 3.74. The van der Waals surface area contributed by atoms with Crippen LogP contribution in [0.1, 0.15) is 29.7 Å². The normalized spacial score (nSPS) is 17.6. The Kier molecular flexibility index (Phi) is 4.99. The molecule has 0 bridgehead atoms. The summed E-state index contributed by atoms with van der Waals surface area (Å²) in [6.45, 7) is 3.97. The Morgan fingerprint density at radius 3 is 2.78 bits per heavy atom. The van der Waals surface area contributed by atoms with Crippen molar-refractivity contribution in [2.24, 2.45) is 0 Å². The van der Waals surface area contributed by atoms with Crippen LogP contribution in [0.4, 0.5) is 0 Å². The fourth-order valence-corrected chi connectivity index (χ4v) is 3.32. The molecule has 3 nitrogen and oxygen atoms in total. The molecule has 120 valence electrons. The van der Waals surface area contributed by atoms with E-state index < -0.39 is 0 Å². The fourth-order valence-electron chi connectivity index (χ4n) is 3.12. The van der Waals surface area contributed by atoms with Gasteiger partial charge in [-0.1, -0.05) is 54.1 Å². The topological polar surface area (TPSA) is 32.3 Å². The zero-order valence-electron chi connectivity index (χ0n) is 13.3. The molecule has 0 radical (unpaired) electrons. The van der Waals surface area contributed by atoms with Gasteiger partial charge in [0, 0.05) is 24.2 Å². The fraction of sp³-hybridized carbons (Fsp3) is 0.316. The van der Waals surface area contributed by atoms with Crippen molar-refractivity contribution < 1.29 is 4.79 Å². The van der Waals surface area contributed by atoms with Gasteiger partial charge in [0.1, 0.15) is 0 Å². The Hall–Kier alpha value is -1.84. The number of benzene rings is 2. The van der Waals surface area contributed by atoms with Crippen molar-refractivity contribution in [3.63, 3.8) is 0 Å². The minimum atomic E-state index is 0.0381. The van der Waals surface area contributed by atoms with E-state index in [0.717, 1.165) is 18.5 Å². The Morgan fingerprint density at radius 2 is 1.96 bits per heavy atom. The van der Waals surface area contributed by atoms with Gasteiger partial charge in [0.15, 0.2) is 0 Å². The van der Waals surface area contributed by atoms with Gasteiger partial charge in [0.2, 0.25) is 5.91 Å². The van der Waals surface area contributed by atoms with Crippen molar-refractivity contribution in [3.05, 3.63) is 70.2 Å². The molecule has 1 unspecified atom stereocenters. The molecule has 1 aliphatic heterocycles. The predicted octanol–water partition coefficient (Wildman–Crippen LogP) is 3.58. The maximum Gasteiger partial charge on any atom is 0.234 e. The lowest BCUT2D eigenvalue weighted by atomic mass is 9.94. The second-order valence-corrected chi connectivity index (χ2v) is 6.37. The Labute approximate surface area is 142 Å². The average molecular weight is 329 g/mol. The van der Waals surface area contributed by atoms with E-state index in [1.165, 1.54) is 11.1 Å². The molecule has 2 aromatic carbocycles. The Morgan fingerprint density at radius 1 is 1.22 bits per heavy atom. The monoisotopic (exact) mass is 328 g/mol. The molecule has 1 atom stereocenters. The number of nitrogens with zero attached hydrogens (tertiary/aromatic N) is 1. The molecule has 23 heavy (non-hydrogen) atoms. The molecule has 0 saturated carbocycles. The predicted molar refractivity (Wildman–Crippen MR) is 93.4 cm³/mol. The van der Waals surface area contributed by atoms with Crippen molar-refractivity contribution in [2.75, 3.05) is 13.1 Å². The lowest BCUT2D eigenvalue weighted by Gasteiger charge is -2.34. The molecular weight excluding hydrogens is 308 g/mol. The summed E-state index contributed by atoms with van der Waals surface area (Å²) in [4.78, 5) is 14.5. The first-order chi connectivity index (χ1) is 11.1. The van der Waals surface area contributed by atoms with Crippen LogP contribution in [0.2, 0.25) is 5.02 Å². The molecular formula is C19H21ClN2O. The summed E-state index contributed by atoms with van der Waals surface area (Å²) in [5.74, 6) is 0.0381. The zero-order valence-corrected chi connectivity index (χ0v) is 14.0. The van der Waals surface area contributed by atoms with Crippen LogP contribution < -0.4 is 5.32 Å². The molecule has 3 rings (SSSR count). The molecule has 4 heteroatoms. The van der Waals surface area contributed by atoms with Crippen LogP contribution in [0.25, 0.3) is 0 Å². The number of nitrogens with one attached hydrogen (secondary N) is 1. The summed E-state index contributed by atoms with van der Waals surface area (Å²) in [7, 11) is 0. The molecule has 1 N–H and O–H groups in total. The molecule has 2 aromatic rings. The highest BCUT2D eigenvalue weighted by molar-refractivity contribution is 6.31. The van der Waals surface area contributed by atoms with Crippen molar-refractivity contribution in [1.29, 1.82) is 0 Å². The summed E-state index contributed by atoms with van der Waals surface area (Å²) in [5, 5.41) is 3.65. The number of carbonyl (C=O) groups excluding carboxylic acids is 1. The molecule has 0 aromatic heterocycles. The molecule has 0 spiro atoms. The van der Waals surface area contributed by atoms with Gasteiger partial charge < -0.3 is 5.32 Å². The molecule has 0 saturated heterocycles. The smallest absolute Gasteiger partial charge is 0.234 e. The Balaban J connectivity index is 1.58. The first-order valence-electron chi connectivity index (χ1n) is 7.97. The molecule has 1 heterocycles. The van der Waals surface area contributed by atoms with E-state index in [1.807, 2.05) is 24.3 Å². The molecule has 1 amide bonds. The number of fused-ring (bicyclic) bond motifs is 1. The second kappa shape index (κ2) is 7.16. The van der Waals surface area contributed by atoms with E-state index in [-0.39, 0.29) is 11.9 Å². The standard InChI is InChI=1S/C19H21ClN2O/c1-14-17-8-4-2-6-15(17)10-11-22(14)13-19(23)21-12-16-7-3-5-9-18(16)20/h2-9,14H,10-13H2,1H3,(H,21,23). The van der Waals surface area contributed by atoms with E-state index in [2.05, 4.69) is 41.4 Å². The summed E-state index contributed by atoms with van der Waals surface area (Å²) in [6.07, 6.45) is 0.998. The minimum Gasteiger partial charge on any atom is -0.351 e. The van der Waals surface area contributed by atoms with Gasteiger partial charge in [-0.05, 0) is 36.1 Å². The molecule has 0 aliphatic carbocycles. The van der Waals surface area contributed by atoms with Crippen LogP contribution in [-0.2, 0) is 17.8 Å². The van der Waals surface area contributed by atoms with Gasteiger partial charge in [-0.3, -0.25) is 9.69 Å². The average Bonchev–Trinajstić information content (AvgIpc) is 2.57. The van der Waals surface area contributed by atoms with Gasteiger partial charge in [-0.15, -0.1) is 0 Å². The number of halogens is 1. The van der Waals surface area contributed by atoms with E-state index in [1.54, 1.807) is 0 Å².